The van der Waals surface area contributed by atoms with Crippen molar-refractivity contribution in [1.29, 1.82) is 0 Å². The van der Waals surface area contributed by atoms with Gasteiger partial charge in [-0.25, -0.2) is 0 Å². The molecule has 0 aliphatic carbocycles. The SMILES string of the molecule is NCCc1cc(Br)ccc1OCCOc1cccc(Br)c1. The first-order chi connectivity index (χ1) is 10.2. The summed E-state index contributed by atoms with van der Waals surface area (Å²) in [5.74, 6) is 1.69. The van der Waals surface area contributed by atoms with Gasteiger partial charge < -0.3 is 15.2 Å². The van der Waals surface area contributed by atoms with E-state index in [1.165, 1.54) is 0 Å². The second-order valence-electron chi connectivity index (χ2n) is 4.45. The van der Waals surface area contributed by atoms with E-state index >= 15 is 0 Å². The van der Waals surface area contributed by atoms with Gasteiger partial charge in [0.15, 0.2) is 0 Å². The highest BCUT2D eigenvalue weighted by atomic mass is 79.9. The third-order valence-electron chi connectivity index (χ3n) is 2.84. The molecule has 0 unspecified atom stereocenters. The number of hydrogen-bond donors (Lipinski definition) is 1. The van der Waals surface area contributed by atoms with Crippen molar-refractivity contribution < 1.29 is 9.47 Å². The smallest absolute Gasteiger partial charge is 0.122 e. The standard InChI is InChI=1S/C16H17Br2NO2/c17-13-2-1-3-15(11-13)20-8-9-21-16-5-4-14(18)10-12(16)6-7-19/h1-5,10-11H,6-9,19H2. The number of ether oxygens (including phenoxy) is 2. The number of nitrogens with two attached hydrogens (primary N) is 1. The van der Waals surface area contributed by atoms with Gasteiger partial charge in [0.2, 0.25) is 0 Å². The van der Waals surface area contributed by atoms with Crippen LogP contribution in [0.1, 0.15) is 5.56 Å². The molecule has 0 heterocycles. The lowest BCUT2D eigenvalue weighted by atomic mass is 10.1. The molecular weight excluding hydrogens is 398 g/mol. The fourth-order valence-electron chi connectivity index (χ4n) is 1.91. The van der Waals surface area contributed by atoms with Crippen LogP contribution in [-0.2, 0) is 6.42 Å². The molecular formula is C16H17Br2NO2. The van der Waals surface area contributed by atoms with Gasteiger partial charge in [-0.15, -0.1) is 0 Å². The predicted molar refractivity (Wildman–Crippen MR) is 92.0 cm³/mol. The van der Waals surface area contributed by atoms with Gasteiger partial charge >= 0.3 is 0 Å². The first-order valence-corrected chi connectivity index (χ1v) is 8.27. The van der Waals surface area contributed by atoms with Crippen LogP contribution in [0.2, 0.25) is 0 Å². The van der Waals surface area contributed by atoms with Crippen molar-refractivity contribution in [3.05, 3.63) is 57.0 Å². The molecule has 2 aromatic rings. The van der Waals surface area contributed by atoms with Gasteiger partial charge in [0.05, 0.1) is 0 Å². The highest BCUT2D eigenvalue weighted by molar-refractivity contribution is 9.10. The maximum atomic E-state index is 5.78. The van der Waals surface area contributed by atoms with Crippen LogP contribution in [-0.4, -0.2) is 19.8 Å². The molecule has 21 heavy (non-hydrogen) atoms. The Hall–Kier alpha value is -1.04. The maximum Gasteiger partial charge on any atom is 0.122 e. The Labute approximate surface area is 141 Å². The Morgan fingerprint density at radius 2 is 1.67 bits per heavy atom. The second-order valence-corrected chi connectivity index (χ2v) is 6.28. The summed E-state index contributed by atoms with van der Waals surface area (Å²) in [4.78, 5) is 0. The number of hydrogen-bond acceptors (Lipinski definition) is 3. The van der Waals surface area contributed by atoms with E-state index in [4.69, 9.17) is 15.2 Å². The molecule has 3 nitrogen and oxygen atoms in total. The Morgan fingerprint density at radius 3 is 2.43 bits per heavy atom. The molecule has 2 rings (SSSR count). The van der Waals surface area contributed by atoms with Crippen LogP contribution in [0.3, 0.4) is 0 Å². The van der Waals surface area contributed by atoms with E-state index in [0.29, 0.717) is 19.8 Å². The molecule has 0 saturated carbocycles. The lowest BCUT2D eigenvalue weighted by molar-refractivity contribution is 0.216. The Kier molecular flexibility index (Phi) is 6.54. The zero-order chi connectivity index (χ0) is 15.1. The molecule has 5 heteroatoms. The Bertz CT molecular complexity index is 590. The lowest BCUT2D eigenvalue weighted by Crippen LogP contribution is -2.11. The van der Waals surface area contributed by atoms with E-state index in [-0.39, 0.29) is 0 Å². The second kappa shape index (κ2) is 8.41. The van der Waals surface area contributed by atoms with E-state index < -0.39 is 0 Å². The third kappa shape index (κ3) is 5.34. The van der Waals surface area contributed by atoms with E-state index in [1.54, 1.807) is 0 Å². The van der Waals surface area contributed by atoms with Gasteiger partial charge in [-0.05, 0) is 54.9 Å². The molecule has 0 radical (unpaired) electrons. The number of benzene rings is 2. The predicted octanol–water partition coefficient (Wildman–Crippen LogP) is 4.17. The van der Waals surface area contributed by atoms with E-state index in [0.717, 1.165) is 32.4 Å². The van der Waals surface area contributed by atoms with Crippen LogP contribution < -0.4 is 15.2 Å². The minimum atomic E-state index is 0.492. The first-order valence-electron chi connectivity index (χ1n) is 6.68. The number of halogens is 2. The molecule has 0 amide bonds. The summed E-state index contributed by atoms with van der Waals surface area (Å²) in [6.07, 6.45) is 0.793. The molecule has 0 spiro atoms. The normalized spacial score (nSPS) is 10.4. The summed E-state index contributed by atoms with van der Waals surface area (Å²) in [5, 5.41) is 0. The van der Waals surface area contributed by atoms with Gasteiger partial charge in [0.25, 0.3) is 0 Å². The van der Waals surface area contributed by atoms with Crippen LogP contribution in [0.15, 0.2) is 51.4 Å². The van der Waals surface area contributed by atoms with Crippen molar-refractivity contribution in [2.24, 2.45) is 5.73 Å². The summed E-state index contributed by atoms with van der Waals surface area (Å²) in [6, 6.07) is 13.7. The Morgan fingerprint density at radius 1 is 0.905 bits per heavy atom. The average Bonchev–Trinajstić information content (AvgIpc) is 2.46. The highest BCUT2D eigenvalue weighted by Gasteiger charge is 2.04. The van der Waals surface area contributed by atoms with E-state index in [1.807, 2.05) is 42.5 Å². The summed E-state index contributed by atoms with van der Waals surface area (Å²) in [6.45, 7) is 1.58. The average molecular weight is 415 g/mol. The summed E-state index contributed by atoms with van der Waals surface area (Å²) < 4.78 is 13.5. The summed E-state index contributed by atoms with van der Waals surface area (Å²) in [5.41, 5.74) is 6.73. The largest absolute Gasteiger partial charge is 0.490 e. The van der Waals surface area contributed by atoms with Crippen molar-refractivity contribution in [2.45, 2.75) is 6.42 Å². The Balaban J connectivity index is 1.86. The molecule has 2 aromatic carbocycles. The quantitative estimate of drug-likeness (QED) is 0.691. The first kappa shape index (κ1) is 16.3. The van der Waals surface area contributed by atoms with Crippen LogP contribution in [0, 0.1) is 0 Å². The molecule has 0 aromatic heterocycles. The van der Waals surface area contributed by atoms with Crippen molar-refractivity contribution in [2.75, 3.05) is 19.8 Å². The van der Waals surface area contributed by atoms with Crippen LogP contribution in [0.25, 0.3) is 0 Å². The van der Waals surface area contributed by atoms with Gasteiger partial charge in [-0.3, -0.25) is 0 Å². The minimum Gasteiger partial charge on any atom is -0.490 e. The van der Waals surface area contributed by atoms with Crippen LogP contribution in [0.4, 0.5) is 0 Å². The van der Waals surface area contributed by atoms with Crippen molar-refractivity contribution in [3.63, 3.8) is 0 Å². The molecule has 112 valence electrons. The minimum absolute atomic E-state index is 0.492. The fraction of sp³-hybridized carbons (Fsp3) is 0.250. The van der Waals surface area contributed by atoms with Gasteiger partial charge in [0.1, 0.15) is 24.7 Å². The van der Waals surface area contributed by atoms with E-state index in [9.17, 15) is 0 Å². The summed E-state index contributed by atoms with van der Waals surface area (Å²) >= 11 is 6.87. The molecule has 0 bridgehead atoms. The monoisotopic (exact) mass is 413 g/mol. The lowest BCUT2D eigenvalue weighted by Gasteiger charge is -2.12. The van der Waals surface area contributed by atoms with Crippen molar-refractivity contribution >= 4 is 31.9 Å². The summed E-state index contributed by atoms with van der Waals surface area (Å²) in [7, 11) is 0. The van der Waals surface area contributed by atoms with E-state index in [2.05, 4.69) is 31.9 Å². The molecule has 0 saturated heterocycles. The van der Waals surface area contributed by atoms with Crippen molar-refractivity contribution in [3.8, 4) is 11.5 Å². The fourth-order valence-corrected chi connectivity index (χ4v) is 2.69. The van der Waals surface area contributed by atoms with Crippen LogP contribution in [0.5, 0.6) is 11.5 Å². The topological polar surface area (TPSA) is 44.5 Å². The highest BCUT2D eigenvalue weighted by Crippen LogP contribution is 2.23. The van der Waals surface area contributed by atoms with Gasteiger partial charge in [-0.2, -0.15) is 0 Å². The molecule has 2 N–H and O–H groups in total. The van der Waals surface area contributed by atoms with Crippen molar-refractivity contribution in [1.82, 2.24) is 0 Å². The molecule has 0 aliphatic rings. The third-order valence-corrected chi connectivity index (χ3v) is 3.83. The zero-order valence-corrected chi connectivity index (χ0v) is 14.7. The maximum absolute atomic E-state index is 5.78. The molecule has 0 atom stereocenters. The number of rotatable bonds is 7. The molecule has 0 aliphatic heterocycles. The van der Waals surface area contributed by atoms with Gasteiger partial charge in [-0.1, -0.05) is 37.9 Å². The van der Waals surface area contributed by atoms with Crippen LogP contribution >= 0.6 is 31.9 Å². The molecule has 0 fully saturated rings. The zero-order valence-electron chi connectivity index (χ0n) is 11.5. The van der Waals surface area contributed by atoms with Gasteiger partial charge in [0, 0.05) is 8.95 Å².